The van der Waals surface area contributed by atoms with E-state index in [-0.39, 0.29) is 18.5 Å². The maximum Gasteiger partial charge on any atom is 0.242 e. The summed E-state index contributed by atoms with van der Waals surface area (Å²) in [6.07, 6.45) is 6.30. The molecule has 0 spiro atoms. The molecule has 1 unspecified atom stereocenters. The van der Waals surface area contributed by atoms with Gasteiger partial charge in [-0.15, -0.1) is 0 Å². The smallest absolute Gasteiger partial charge is 0.242 e. The van der Waals surface area contributed by atoms with Gasteiger partial charge in [0.15, 0.2) is 5.82 Å². The predicted molar refractivity (Wildman–Crippen MR) is 153 cm³/mol. The van der Waals surface area contributed by atoms with Crippen LogP contribution in [0.15, 0.2) is 67.1 Å². The number of hydrogen-bond donors (Lipinski definition) is 3. The molecule has 1 amide bonds. The van der Waals surface area contributed by atoms with Crippen LogP contribution in [-0.2, 0) is 30.7 Å². The lowest BCUT2D eigenvalue weighted by Gasteiger charge is -2.29. The quantitative estimate of drug-likeness (QED) is 0.192. The van der Waals surface area contributed by atoms with Crippen LogP contribution in [-0.4, -0.2) is 27.5 Å². The lowest BCUT2D eigenvalue weighted by molar-refractivity contribution is -0.118. The molecule has 1 aliphatic carbocycles. The Bertz CT molecular complexity index is 1560. The Morgan fingerprint density at radius 1 is 1.00 bits per heavy atom. The number of aromatic nitrogens is 2. The van der Waals surface area contributed by atoms with Crippen LogP contribution in [0.3, 0.4) is 0 Å². The van der Waals surface area contributed by atoms with Crippen LogP contribution in [0.25, 0.3) is 5.69 Å². The summed E-state index contributed by atoms with van der Waals surface area (Å²) in [6, 6.07) is 12.8. The summed E-state index contributed by atoms with van der Waals surface area (Å²) in [6.45, 7) is 2.64. The summed E-state index contributed by atoms with van der Waals surface area (Å²) in [5.74, 6) is -2.18. The molecule has 0 saturated carbocycles. The number of carbonyl (C=O) groups excluding carboxylic acids is 1. The van der Waals surface area contributed by atoms with E-state index in [2.05, 4.69) is 20.9 Å². The SMILES string of the molecule is CCCC(N[C@H]1CCc2cc(F)cc(F)c2C1)C(=O)Nc1cn(-c2ccccc2CNCc2ccc(F)cc2F)cn1. The lowest BCUT2D eigenvalue weighted by atomic mass is 9.87. The topological polar surface area (TPSA) is 71.0 Å². The summed E-state index contributed by atoms with van der Waals surface area (Å²) >= 11 is 0. The van der Waals surface area contributed by atoms with Gasteiger partial charge in [-0.1, -0.05) is 37.6 Å². The molecule has 10 heteroatoms. The maximum atomic E-state index is 14.4. The molecule has 0 fully saturated rings. The zero-order valence-electron chi connectivity index (χ0n) is 23.3. The van der Waals surface area contributed by atoms with Crippen LogP contribution >= 0.6 is 0 Å². The highest BCUT2D eigenvalue weighted by Crippen LogP contribution is 2.26. The van der Waals surface area contributed by atoms with Gasteiger partial charge in [-0.25, -0.2) is 22.5 Å². The summed E-state index contributed by atoms with van der Waals surface area (Å²) in [5, 5.41) is 9.47. The number of benzene rings is 3. The molecule has 220 valence electrons. The Labute approximate surface area is 242 Å². The molecule has 0 saturated heterocycles. The number of imidazole rings is 1. The first-order valence-corrected chi connectivity index (χ1v) is 14.1. The zero-order chi connectivity index (χ0) is 29.6. The second kappa shape index (κ2) is 13.3. The van der Waals surface area contributed by atoms with Gasteiger partial charge in [0.1, 0.15) is 29.6 Å². The van der Waals surface area contributed by atoms with Gasteiger partial charge in [0, 0.05) is 36.8 Å². The summed E-state index contributed by atoms with van der Waals surface area (Å²) in [4.78, 5) is 17.6. The molecule has 3 aromatic carbocycles. The van der Waals surface area contributed by atoms with Gasteiger partial charge in [0.05, 0.1) is 17.9 Å². The van der Waals surface area contributed by atoms with Gasteiger partial charge in [-0.2, -0.15) is 0 Å². The first kappa shape index (κ1) is 29.5. The second-order valence-electron chi connectivity index (χ2n) is 10.6. The molecule has 3 N–H and O–H groups in total. The van der Waals surface area contributed by atoms with Crippen LogP contribution in [0.1, 0.15) is 48.4 Å². The number of fused-ring (bicyclic) bond motifs is 1. The molecule has 0 aliphatic heterocycles. The molecule has 0 bridgehead atoms. The van der Waals surface area contributed by atoms with Crippen LogP contribution in [0.4, 0.5) is 23.4 Å². The number of aryl methyl sites for hydroxylation is 1. The van der Waals surface area contributed by atoms with E-state index in [1.165, 1.54) is 18.2 Å². The number of para-hydroxylation sites is 1. The van der Waals surface area contributed by atoms with Crippen molar-refractivity contribution in [2.75, 3.05) is 5.32 Å². The van der Waals surface area contributed by atoms with Crippen molar-refractivity contribution in [1.82, 2.24) is 20.2 Å². The van der Waals surface area contributed by atoms with Gasteiger partial charge < -0.3 is 20.5 Å². The highest BCUT2D eigenvalue weighted by Gasteiger charge is 2.27. The molecule has 42 heavy (non-hydrogen) atoms. The first-order valence-electron chi connectivity index (χ1n) is 14.1. The van der Waals surface area contributed by atoms with E-state index in [0.29, 0.717) is 54.7 Å². The molecule has 1 aromatic heterocycles. The van der Waals surface area contributed by atoms with E-state index in [9.17, 15) is 22.4 Å². The summed E-state index contributed by atoms with van der Waals surface area (Å²) in [7, 11) is 0. The van der Waals surface area contributed by atoms with E-state index in [4.69, 9.17) is 0 Å². The van der Waals surface area contributed by atoms with Crippen molar-refractivity contribution in [2.45, 2.75) is 64.2 Å². The Hall–Kier alpha value is -4.02. The molecule has 6 nitrogen and oxygen atoms in total. The normalized spacial score (nSPS) is 15.3. The summed E-state index contributed by atoms with van der Waals surface area (Å²) in [5.41, 5.74) is 3.31. The second-order valence-corrected chi connectivity index (χ2v) is 10.6. The third-order valence-electron chi connectivity index (χ3n) is 7.55. The number of rotatable bonds is 11. The molecule has 4 aromatic rings. The Balaban J connectivity index is 1.21. The molecule has 1 heterocycles. The number of hydrogen-bond acceptors (Lipinski definition) is 4. The first-order chi connectivity index (χ1) is 20.3. The average Bonchev–Trinajstić information content (AvgIpc) is 3.42. The standard InChI is InChI=1S/C32H33F4N5O/c1-2-5-29(39-25-11-9-20-12-24(34)14-28(36)26(20)15-25)32(42)40-31-18-41(19-38-31)30-7-4-3-6-22(30)17-37-16-21-8-10-23(33)13-27(21)35/h3-4,6-8,10,12-14,18-19,25,29,37,39H,2,5,9,11,15-17H2,1H3,(H,40,42)/t25-,29?/m0/s1. The maximum absolute atomic E-state index is 14.4. The van der Waals surface area contributed by atoms with Crippen molar-refractivity contribution in [3.63, 3.8) is 0 Å². The third kappa shape index (κ3) is 7.06. The fourth-order valence-corrected chi connectivity index (χ4v) is 5.43. The van der Waals surface area contributed by atoms with Crippen molar-refractivity contribution < 1.29 is 22.4 Å². The minimum atomic E-state index is -0.616. The van der Waals surface area contributed by atoms with Crippen LogP contribution < -0.4 is 16.0 Å². The average molecular weight is 580 g/mol. The molecule has 5 rings (SSSR count). The van der Waals surface area contributed by atoms with Gasteiger partial charge in [0.25, 0.3) is 0 Å². The predicted octanol–water partition coefficient (Wildman–Crippen LogP) is 5.97. The van der Waals surface area contributed by atoms with Gasteiger partial charge in [-0.05, 0) is 60.6 Å². The number of amides is 1. The number of anilines is 1. The number of carbonyl (C=O) groups is 1. The van der Waals surface area contributed by atoms with Crippen molar-refractivity contribution in [2.24, 2.45) is 0 Å². The molecular formula is C32H33F4N5O. The van der Waals surface area contributed by atoms with Crippen molar-refractivity contribution >= 4 is 11.7 Å². The van der Waals surface area contributed by atoms with Crippen molar-refractivity contribution in [1.29, 1.82) is 0 Å². The van der Waals surface area contributed by atoms with Gasteiger partial charge >= 0.3 is 0 Å². The lowest BCUT2D eigenvalue weighted by Crippen LogP contribution is -2.48. The zero-order valence-corrected chi connectivity index (χ0v) is 23.3. The largest absolute Gasteiger partial charge is 0.308 e. The van der Waals surface area contributed by atoms with E-state index in [1.807, 2.05) is 31.2 Å². The number of nitrogens with one attached hydrogen (secondary N) is 3. The van der Waals surface area contributed by atoms with E-state index in [0.717, 1.165) is 29.8 Å². The van der Waals surface area contributed by atoms with Crippen molar-refractivity contribution in [3.05, 3.63) is 113 Å². The van der Waals surface area contributed by atoms with Crippen LogP contribution in [0.2, 0.25) is 0 Å². The Kier molecular flexibility index (Phi) is 9.34. The van der Waals surface area contributed by atoms with E-state index in [1.54, 1.807) is 17.1 Å². The number of halogens is 4. The third-order valence-corrected chi connectivity index (χ3v) is 7.55. The van der Waals surface area contributed by atoms with Crippen molar-refractivity contribution in [3.8, 4) is 5.69 Å². The monoisotopic (exact) mass is 579 g/mol. The van der Waals surface area contributed by atoms with E-state index < -0.39 is 29.3 Å². The molecule has 0 radical (unpaired) electrons. The van der Waals surface area contributed by atoms with Crippen LogP contribution in [0, 0.1) is 23.3 Å². The highest BCUT2D eigenvalue weighted by molar-refractivity contribution is 5.94. The molecular weight excluding hydrogens is 546 g/mol. The van der Waals surface area contributed by atoms with Crippen LogP contribution in [0.5, 0.6) is 0 Å². The fraction of sp³-hybridized carbons (Fsp3) is 0.312. The van der Waals surface area contributed by atoms with Gasteiger partial charge in [-0.3, -0.25) is 4.79 Å². The fourth-order valence-electron chi connectivity index (χ4n) is 5.43. The minimum Gasteiger partial charge on any atom is -0.308 e. The molecule has 2 atom stereocenters. The summed E-state index contributed by atoms with van der Waals surface area (Å²) < 4.78 is 57.0. The Morgan fingerprint density at radius 2 is 1.79 bits per heavy atom. The highest BCUT2D eigenvalue weighted by atomic mass is 19.1. The van der Waals surface area contributed by atoms with Gasteiger partial charge in [0.2, 0.25) is 5.91 Å². The number of nitrogens with zero attached hydrogens (tertiary/aromatic N) is 2. The molecule has 1 aliphatic rings. The Morgan fingerprint density at radius 3 is 2.60 bits per heavy atom. The van der Waals surface area contributed by atoms with E-state index >= 15 is 0 Å². The minimum absolute atomic E-state index is 0.111.